The smallest absolute Gasteiger partial charge is 0.335 e. The number of hydrogen-bond acceptors (Lipinski definition) is 6. The Hall–Kier alpha value is -2.99. The average Bonchev–Trinajstić information content (AvgIpc) is 2.72. The summed E-state index contributed by atoms with van der Waals surface area (Å²) in [6.45, 7) is 2.99. The zero-order valence-electron chi connectivity index (χ0n) is 16.7. The van der Waals surface area contributed by atoms with Crippen molar-refractivity contribution in [3.63, 3.8) is 0 Å². The van der Waals surface area contributed by atoms with Gasteiger partial charge in [-0.25, -0.2) is 9.18 Å². The number of aliphatic hydroxyl groups is 1. The Morgan fingerprint density at radius 3 is 2.43 bits per heavy atom. The fourth-order valence-corrected chi connectivity index (χ4v) is 2.68. The van der Waals surface area contributed by atoms with Gasteiger partial charge in [0.05, 0.1) is 18.3 Å². The van der Waals surface area contributed by atoms with Crippen LogP contribution in [-0.4, -0.2) is 47.7 Å². The number of ether oxygens (including phenoxy) is 3. The van der Waals surface area contributed by atoms with Gasteiger partial charge in [0, 0.05) is 6.07 Å². The maximum Gasteiger partial charge on any atom is 0.335 e. The molecular formula is C22H24FNO6. The van der Waals surface area contributed by atoms with E-state index < -0.39 is 30.1 Å². The zero-order valence-corrected chi connectivity index (χ0v) is 16.7. The van der Waals surface area contributed by atoms with Crippen LogP contribution in [0.15, 0.2) is 48.5 Å². The second-order valence-corrected chi connectivity index (χ2v) is 6.83. The van der Waals surface area contributed by atoms with Gasteiger partial charge in [-0.1, -0.05) is 30.3 Å². The lowest BCUT2D eigenvalue weighted by molar-refractivity contribution is -0.170. The van der Waals surface area contributed by atoms with Crippen molar-refractivity contribution in [1.82, 2.24) is 0 Å². The SMILES string of the molecule is CC(C)OC(C(=O)O)C(OCC(O)COc1ccc(C#N)c(F)c1)c1ccccc1. The number of carbonyl (C=O) groups is 1. The normalized spacial score (nSPS) is 14.0. The van der Waals surface area contributed by atoms with Gasteiger partial charge in [0.15, 0.2) is 6.10 Å². The highest BCUT2D eigenvalue weighted by molar-refractivity contribution is 5.73. The number of nitrogens with zero attached hydrogens (tertiary/aromatic N) is 1. The maximum absolute atomic E-state index is 13.6. The molecule has 0 saturated carbocycles. The maximum atomic E-state index is 13.6. The molecule has 0 aliphatic rings. The van der Waals surface area contributed by atoms with Crippen molar-refractivity contribution in [3.8, 4) is 11.8 Å². The van der Waals surface area contributed by atoms with E-state index in [4.69, 9.17) is 19.5 Å². The first kappa shape index (κ1) is 23.3. The van der Waals surface area contributed by atoms with Crippen molar-refractivity contribution in [2.45, 2.75) is 38.3 Å². The fraction of sp³-hybridized carbons (Fsp3) is 0.364. The van der Waals surface area contributed by atoms with E-state index >= 15 is 0 Å². The summed E-state index contributed by atoms with van der Waals surface area (Å²) in [4.78, 5) is 11.7. The van der Waals surface area contributed by atoms with Gasteiger partial charge in [0.25, 0.3) is 0 Å². The Morgan fingerprint density at radius 2 is 1.87 bits per heavy atom. The summed E-state index contributed by atoms with van der Waals surface area (Å²) in [5, 5.41) is 28.5. The monoisotopic (exact) mass is 417 g/mol. The lowest BCUT2D eigenvalue weighted by Crippen LogP contribution is -2.36. The number of benzene rings is 2. The summed E-state index contributed by atoms with van der Waals surface area (Å²) in [6.07, 6.45) is -3.68. The Kier molecular flexibility index (Phi) is 8.74. The topological polar surface area (TPSA) is 109 Å². The van der Waals surface area contributed by atoms with Crippen molar-refractivity contribution in [3.05, 3.63) is 65.5 Å². The highest BCUT2D eigenvalue weighted by Crippen LogP contribution is 2.25. The van der Waals surface area contributed by atoms with Crippen LogP contribution in [0.3, 0.4) is 0 Å². The van der Waals surface area contributed by atoms with Gasteiger partial charge in [-0.2, -0.15) is 5.26 Å². The number of halogens is 1. The molecule has 0 radical (unpaired) electrons. The third kappa shape index (κ3) is 6.81. The second-order valence-electron chi connectivity index (χ2n) is 6.83. The first-order valence-electron chi connectivity index (χ1n) is 9.37. The summed E-state index contributed by atoms with van der Waals surface area (Å²) < 4.78 is 30.2. The number of aliphatic carboxylic acids is 1. The Bertz CT molecular complexity index is 868. The molecule has 0 aromatic heterocycles. The van der Waals surface area contributed by atoms with E-state index in [0.29, 0.717) is 5.56 Å². The van der Waals surface area contributed by atoms with E-state index in [0.717, 1.165) is 6.07 Å². The molecule has 0 heterocycles. The molecule has 3 unspecified atom stereocenters. The molecule has 2 aromatic rings. The minimum Gasteiger partial charge on any atom is -0.491 e. The number of carboxylic acid groups (broad SMARTS) is 1. The van der Waals surface area contributed by atoms with Crippen LogP contribution >= 0.6 is 0 Å². The van der Waals surface area contributed by atoms with Crippen LogP contribution < -0.4 is 4.74 Å². The van der Waals surface area contributed by atoms with Crippen LogP contribution in [0.5, 0.6) is 5.75 Å². The van der Waals surface area contributed by atoms with Crippen LogP contribution in [-0.2, 0) is 14.3 Å². The minimum absolute atomic E-state index is 0.109. The quantitative estimate of drug-likeness (QED) is 0.578. The molecule has 3 atom stereocenters. The predicted molar refractivity (Wildman–Crippen MR) is 105 cm³/mol. The van der Waals surface area contributed by atoms with E-state index in [1.165, 1.54) is 12.1 Å². The number of carboxylic acids is 1. The average molecular weight is 417 g/mol. The molecule has 2 N–H and O–H groups in total. The van der Waals surface area contributed by atoms with Crippen LogP contribution in [0.25, 0.3) is 0 Å². The van der Waals surface area contributed by atoms with E-state index in [2.05, 4.69) is 0 Å². The lowest BCUT2D eigenvalue weighted by Gasteiger charge is -2.27. The van der Waals surface area contributed by atoms with Gasteiger partial charge >= 0.3 is 5.97 Å². The summed E-state index contributed by atoms with van der Waals surface area (Å²) in [6, 6.07) is 14.2. The van der Waals surface area contributed by atoms with Crippen LogP contribution in [0.1, 0.15) is 31.1 Å². The minimum atomic E-state index is -1.27. The molecule has 2 rings (SSSR count). The molecule has 8 heteroatoms. The van der Waals surface area contributed by atoms with Crippen molar-refractivity contribution < 1.29 is 33.6 Å². The second kappa shape index (κ2) is 11.3. The van der Waals surface area contributed by atoms with Crippen molar-refractivity contribution in [2.75, 3.05) is 13.2 Å². The molecule has 0 fully saturated rings. The third-order valence-electron chi connectivity index (χ3n) is 4.04. The molecular weight excluding hydrogens is 393 g/mol. The molecule has 0 aliphatic carbocycles. The summed E-state index contributed by atoms with van der Waals surface area (Å²) >= 11 is 0. The van der Waals surface area contributed by atoms with Gasteiger partial charge in [-0.05, 0) is 31.5 Å². The standard InChI is InChI=1S/C22H24FNO6/c1-14(2)30-21(22(26)27)20(15-6-4-3-5-7-15)29-13-17(25)12-28-18-9-8-16(11-24)19(23)10-18/h3-10,14,17,20-21,25H,12-13H2,1-2H3,(H,26,27). The number of aliphatic hydroxyl groups excluding tert-OH is 1. The van der Waals surface area contributed by atoms with E-state index in [9.17, 15) is 19.4 Å². The molecule has 0 aliphatic heterocycles. The highest BCUT2D eigenvalue weighted by Gasteiger charge is 2.32. The van der Waals surface area contributed by atoms with Gasteiger partial charge in [-0.3, -0.25) is 0 Å². The molecule has 0 spiro atoms. The van der Waals surface area contributed by atoms with E-state index in [-0.39, 0.29) is 30.6 Å². The zero-order chi connectivity index (χ0) is 22.1. The van der Waals surface area contributed by atoms with Gasteiger partial charge < -0.3 is 24.4 Å². The molecule has 7 nitrogen and oxygen atoms in total. The Balaban J connectivity index is 2.02. The lowest BCUT2D eigenvalue weighted by atomic mass is 10.0. The first-order chi connectivity index (χ1) is 14.3. The van der Waals surface area contributed by atoms with Gasteiger partial charge in [-0.15, -0.1) is 0 Å². The Labute approximate surface area is 174 Å². The molecule has 0 bridgehead atoms. The molecule has 160 valence electrons. The Morgan fingerprint density at radius 1 is 1.17 bits per heavy atom. The third-order valence-corrected chi connectivity index (χ3v) is 4.04. The molecule has 2 aromatic carbocycles. The molecule has 0 amide bonds. The molecule has 30 heavy (non-hydrogen) atoms. The van der Waals surface area contributed by atoms with Crippen LogP contribution in [0, 0.1) is 17.1 Å². The number of hydrogen-bond donors (Lipinski definition) is 2. The van der Waals surface area contributed by atoms with Crippen molar-refractivity contribution in [2.24, 2.45) is 0 Å². The summed E-state index contributed by atoms with van der Waals surface area (Å²) in [5.41, 5.74) is 0.481. The number of rotatable bonds is 11. The fourth-order valence-electron chi connectivity index (χ4n) is 2.68. The first-order valence-corrected chi connectivity index (χ1v) is 9.37. The van der Waals surface area contributed by atoms with Crippen molar-refractivity contribution in [1.29, 1.82) is 5.26 Å². The van der Waals surface area contributed by atoms with Gasteiger partial charge in [0.1, 0.15) is 36.5 Å². The van der Waals surface area contributed by atoms with Crippen LogP contribution in [0.2, 0.25) is 0 Å². The largest absolute Gasteiger partial charge is 0.491 e. The van der Waals surface area contributed by atoms with Gasteiger partial charge in [0.2, 0.25) is 0 Å². The van der Waals surface area contributed by atoms with E-state index in [1.807, 2.05) is 0 Å². The van der Waals surface area contributed by atoms with E-state index in [1.54, 1.807) is 50.2 Å². The van der Waals surface area contributed by atoms with Crippen LogP contribution in [0.4, 0.5) is 4.39 Å². The summed E-state index contributed by atoms with van der Waals surface area (Å²) in [5.74, 6) is -1.76. The summed E-state index contributed by atoms with van der Waals surface area (Å²) in [7, 11) is 0. The van der Waals surface area contributed by atoms with Crippen molar-refractivity contribution >= 4 is 5.97 Å². The molecule has 0 saturated heterocycles. The highest BCUT2D eigenvalue weighted by atomic mass is 19.1. The predicted octanol–water partition coefficient (Wildman–Crippen LogP) is 3.07. The number of nitriles is 1.